The molecule has 6 amide bonds. The average Bonchev–Trinajstić information content (AvgIpc) is 3.46. The molecule has 8 N–H and O–H groups in total. The number of carboxylic acid groups (broad SMARTS) is 2. The highest BCUT2D eigenvalue weighted by atomic mass is 16.4. The Morgan fingerprint density at radius 3 is 2.00 bits per heavy atom. The number of aliphatic hydroxyl groups excluding tert-OH is 1. The second-order valence-electron chi connectivity index (χ2n) is 10.8. The van der Waals surface area contributed by atoms with Gasteiger partial charge in [0.1, 0.15) is 36.3 Å². The van der Waals surface area contributed by atoms with Crippen molar-refractivity contribution in [2.24, 2.45) is 0 Å². The quantitative estimate of drug-likeness (QED) is 0.158. The molecule has 1 aromatic rings. The minimum atomic E-state index is -1.82. The number of hydrogen-bond donors (Lipinski definition) is 8. The number of rotatable bonds is 6. The van der Waals surface area contributed by atoms with Gasteiger partial charge in [-0.15, -0.1) is 0 Å². The second-order valence-corrected chi connectivity index (χ2v) is 10.8. The zero-order valence-corrected chi connectivity index (χ0v) is 24.5. The number of benzene rings is 1. The van der Waals surface area contributed by atoms with Gasteiger partial charge < -0.3 is 46.8 Å². The second kappa shape index (κ2) is 15.1. The highest BCUT2D eigenvalue weighted by molar-refractivity contribution is 6.00. The monoisotopic (exact) mass is 632 g/mol. The van der Waals surface area contributed by atoms with Crippen LogP contribution in [0.2, 0.25) is 0 Å². The summed E-state index contributed by atoms with van der Waals surface area (Å²) in [4.78, 5) is 104. The minimum absolute atomic E-state index is 0.0349. The van der Waals surface area contributed by atoms with Gasteiger partial charge in [0.25, 0.3) is 0 Å². The Bertz CT molecular complexity index is 1340. The smallest absolute Gasteiger partial charge is 0.305 e. The molecule has 2 aliphatic rings. The highest BCUT2D eigenvalue weighted by Crippen LogP contribution is 2.20. The van der Waals surface area contributed by atoms with Crippen molar-refractivity contribution >= 4 is 47.4 Å². The Balaban J connectivity index is 2.06. The molecule has 0 spiro atoms. The topological polar surface area (TPSA) is 261 Å². The number of fused-ring (bicyclic) bond motifs is 1. The van der Waals surface area contributed by atoms with Gasteiger partial charge in [0.05, 0.1) is 18.9 Å². The van der Waals surface area contributed by atoms with Crippen LogP contribution >= 0.6 is 0 Å². The zero-order chi connectivity index (χ0) is 33.4. The van der Waals surface area contributed by atoms with Crippen LogP contribution in [0.5, 0.6) is 0 Å². The van der Waals surface area contributed by atoms with E-state index < -0.39 is 103 Å². The maximum atomic E-state index is 13.5. The number of amides is 6. The van der Waals surface area contributed by atoms with Crippen LogP contribution in [0.3, 0.4) is 0 Å². The SMILES string of the molecule is C[C@H]1NC(=O)[C@H]2CCCN2C(=O)[C@@H](CC(=O)O)NC(=O)[C@H]([C@@H](C)O)NC(=O)[C@@H](CC(=O)O)NC(=O)[C@@H](c2ccccc2)NC1=O. The summed E-state index contributed by atoms with van der Waals surface area (Å²) in [5.74, 6) is -8.85. The highest BCUT2D eigenvalue weighted by Gasteiger charge is 2.41. The molecule has 17 nitrogen and oxygen atoms in total. The minimum Gasteiger partial charge on any atom is -0.481 e. The summed E-state index contributed by atoms with van der Waals surface area (Å²) in [7, 11) is 0. The van der Waals surface area contributed by atoms with Crippen molar-refractivity contribution in [3.05, 3.63) is 35.9 Å². The van der Waals surface area contributed by atoms with E-state index in [0.29, 0.717) is 6.42 Å². The molecular weight excluding hydrogens is 596 g/mol. The molecule has 2 heterocycles. The van der Waals surface area contributed by atoms with Gasteiger partial charge in [-0.3, -0.25) is 38.4 Å². The van der Waals surface area contributed by atoms with E-state index in [9.17, 15) is 53.7 Å². The summed E-state index contributed by atoms with van der Waals surface area (Å²) in [6, 6.07) is -1.40. The lowest BCUT2D eigenvalue weighted by atomic mass is 10.0. The number of aliphatic hydroxyl groups is 1. The molecule has 0 bridgehead atoms. The Hall–Kier alpha value is -5.06. The molecule has 0 aromatic heterocycles. The van der Waals surface area contributed by atoms with Crippen molar-refractivity contribution < 1.29 is 53.7 Å². The van der Waals surface area contributed by atoms with Crippen LogP contribution in [-0.4, -0.2) is 110 Å². The van der Waals surface area contributed by atoms with E-state index in [-0.39, 0.29) is 18.5 Å². The van der Waals surface area contributed by atoms with Crippen LogP contribution in [-0.2, 0) is 38.4 Å². The number of carbonyl (C=O) groups excluding carboxylic acids is 6. The summed E-state index contributed by atoms with van der Waals surface area (Å²) in [5.41, 5.74) is 0.254. The van der Waals surface area contributed by atoms with Gasteiger partial charge in [-0.25, -0.2) is 0 Å². The van der Waals surface area contributed by atoms with Crippen molar-refractivity contribution in [1.29, 1.82) is 0 Å². The maximum Gasteiger partial charge on any atom is 0.305 e. The standard InChI is InChI=1S/C28H36N6O11/c1-13-23(40)33-22(15-7-4-3-5-8-15)27(44)30-16(11-19(36)37)24(41)32-21(14(2)35)26(43)31-17(12-20(38)39)28(45)34-10-6-9-18(34)25(42)29-13/h3-5,7-8,13-14,16-18,21-22,35H,6,9-12H2,1-2H3,(H,29,42)(H,30,44)(H,31,43)(H,32,41)(H,33,40)(H,36,37)(H,38,39)/t13-,14-,16-,17-,18-,21+,22-/m1/s1. The predicted molar refractivity (Wildman–Crippen MR) is 152 cm³/mol. The molecule has 45 heavy (non-hydrogen) atoms. The Morgan fingerprint density at radius 2 is 1.40 bits per heavy atom. The summed E-state index contributed by atoms with van der Waals surface area (Å²) < 4.78 is 0. The lowest BCUT2D eigenvalue weighted by Gasteiger charge is -2.31. The Labute approximate surface area is 257 Å². The number of nitrogens with one attached hydrogen (secondary N) is 5. The molecular formula is C28H36N6O11. The normalized spacial score (nSPS) is 27.8. The third kappa shape index (κ3) is 8.98. The van der Waals surface area contributed by atoms with Crippen LogP contribution in [0.25, 0.3) is 0 Å². The largest absolute Gasteiger partial charge is 0.481 e. The first-order chi connectivity index (χ1) is 21.2. The van der Waals surface area contributed by atoms with Gasteiger partial charge in [-0.2, -0.15) is 0 Å². The summed E-state index contributed by atoms with van der Waals surface area (Å²) in [6.07, 6.45) is -2.99. The maximum absolute atomic E-state index is 13.5. The van der Waals surface area contributed by atoms with E-state index in [4.69, 9.17) is 0 Å². The fourth-order valence-electron chi connectivity index (χ4n) is 5.03. The van der Waals surface area contributed by atoms with Gasteiger partial charge >= 0.3 is 11.9 Å². The van der Waals surface area contributed by atoms with Gasteiger partial charge in [-0.05, 0) is 32.3 Å². The molecule has 0 radical (unpaired) electrons. The van der Waals surface area contributed by atoms with Gasteiger partial charge in [0.2, 0.25) is 35.4 Å². The lowest BCUT2D eigenvalue weighted by Crippen LogP contribution is -2.62. The third-order valence-electron chi connectivity index (χ3n) is 7.34. The fraction of sp³-hybridized carbons (Fsp3) is 0.500. The first kappa shape index (κ1) is 34.4. The van der Waals surface area contributed by atoms with Crippen LogP contribution in [0.15, 0.2) is 30.3 Å². The van der Waals surface area contributed by atoms with Crippen molar-refractivity contribution in [1.82, 2.24) is 31.5 Å². The summed E-state index contributed by atoms with van der Waals surface area (Å²) >= 11 is 0. The van der Waals surface area contributed by atoms with Crippen molar-refractivity contribution in [3.63, 3.8) is 0 Å². The van der Waals surface area contributed by atoms with Crippen LogP contribution < -0.4 is 26.6 Å². The molecule has 0 unspecified atom stereocenters. The number of aliphatic carboxylic acids is 2. The van der Waals surface area contributed by atoms with Crippen molar-refractivity contribution in [3.8, 4) is 0 Å². The van der Waals surface area contributed by atoms with Crippen molar-refractivity contribution in [2.45, 2.75) is 81.9 Å². The zero-order valence-electron chi connectivity index (χ0n) is 24.5. The third-order valence-corrected chi connectivity index (χ3v) is 7.34. The van der Waals surface area contributed by atoms with E-state index in [1.165, 1.54) is 19.1 Å². The fourth-order valence-corrected chi connectivity index (χ4v) is 5.03. The number of hydrogen-bond acceptors (Lipinski definition) is 9. The molecule has 2 aliphatic heterocycles. The molecule has 7 atom stereocenters. The van der Waals surface area contributed by atoms with Crippen molar-refractivity contribution in [2.75, 3.05) is 6.54 Å². The number of nitrogens with zero attached hydrogens (tertiary/aromatic N) is 1. The number of carboxylic acids is 2. The summed E-state index contributed by atoms with van der Waals surface area (Å²) in [6.45, 7) is 2.47. The first-order valence-electron chi connectivity index (χ1n) is 14.2. The van der Waals surface area contributed by atoms with E-state index in [0.717, 1.165) is 11.8 Å². The van der Waals surface area contributed by atoms with Gasteiger partial charge in [0, 0.05) is 6.54 Å². The molecule has 0 saturated carbocycles. The van der Waals surface area contributed by atoms with Gasteiger partial charge in [0.15, 0.2) is 0 Å². The van der Waals surface area contributed by atoms with Crippen LogP contribution in [0.4, 0.5) is 0 Å². The molecule has 17 heteroatoms. The van der Waals surface area contributed by atoms with Gasteiger partial charge in [-0.1, -0.05) is 30.3 Å². The molecule has 2 saturated heterocycles. The predicted octanol–water partition coefficient (Wildman–Crippen LogP) is -2.86. The van der Waals surface area contributed by atoms with Crippen LogP contribution in [0.1, 0.15) is 51.1 Å². The van der Waals surface area contributed by atoms with E-state index in [1.54, 1.807) is 18.2 Å². The van der Waals surface area contributed by atoms with E-state index >= 15 is 0 Å². The first-order valence-corrected chi connectivity index (χ1v) is 14.2. The summed E-state index contributed by atoms with van der Waals surface area (Å²) in [5, 5.41) is 40.8. The van der Waals surface area contributed by atoms with E-state index in [2.05, 4.69) is 26.6 Å². The molecule has 1 aromatic carbocycles. The molecule has 3 rings (SSSR count). The van der Waals surface area contributed by atoms with Crippen LogP contribution in [0, 0.1) is 0 Å². The average molecular weight is 633 g/mol. The molecule has 244 valence electrons. The Morgan fingerprint density at radius 1 is 0.800 bits per heavy atom. The Kier molecular flexibility index (Phi) is 11.5. The number of carbonyl (C=O) groups is 8. The lowest BCUT2D eigenvalue weighted by molar-refractivity contribution is -0.146. The van der Waals surface area contributed by atoms with E-state index in [1.807, 2.05) is 0 Å². The molecule has 0 aliphatic carbocycles. The molecule has 2 fully saturated rings.